The molecule has 1 spiro atoms. The number of amides is 3. The molecule has 0 aromatic heterocycles. The monoisotopic (exact) mass is 525 g/mol. The van der Waals surface area contributed by atoms with Gasteiger partial charge in [-0.3, -0.25) is 14.6 Å². The molecule has 0 atom stereocenters. The molecule has 2 aromatic carbocycles. The number of urea groups is 1. The maximum absolute atomic E-state index is 13.8. The lowest BCUT2D eigenvalue weighted by molar-refractivity contribution is -0.136. The van der Waals surface area contributed by atoms with Crippen LogP contribution in [-0.2, 0) is 22.6 Å². The second kappa shape index (κ2) is 12.5. The Balaban J connectivity index is 1.47. The summed E-state index contributed by atoms with van der Waals surface area (Å²) < 4.78 is 21.9. The standard InChI is InChI=1S/C29H39N3O6/c1-5-16-38-25-10-9-23(19-26(25)37-4)20-30-13-11-29(12-14-30)27(33)31(28(34)32(29)15-17-35-2)21-22-7-6-8-24(18-22)36-3/h6-10,18-19H,5,11-17,20-21H2,1-4H3. The Kier molecular flexibility index (Phi) is 9.12. The van der Waals surface area contributed by atoms with Crippen molar-refractivity contribution in [2.75, 3.05) is 54.2 Å². The number of carbonyl (C=O) groups is 2. The van der Waals surface area contributed by atoms with E-state index < -0.39 is 5.54 Å². The molecule has 0 N–H and O–H groups in total. The van der Waals surface area contributed by atoms with E-state index in [9.17, 15) is 9.59 Å². The Labute approximate surface area is 225 Å². The Morgan fingerprint density at radius 2 is 1.63 bits per heavy atom. The van der Waals surface area contributed by atoms with Crippen LogP contribution in [0.25, 0.3) is 0 Å². The zero-order valence-electron chi connectivity index (χ0n) is 22.9. The van der Waals surface area contributed by atoms with E-state index >= 15 is 0 Å². The zero-order valence-corrected chi connectivity index (χ0v) is 22.9. The highest BCUT2D eigenvalue weighted by atomic mass is 16.5. The first-order chi connectivity index (χ1) is 18.4. The van der Waals surface area contributed by atoms with Crippen molar-refractivity contribution in [3.05, 3.63) is 53.6 Å². The minimum Gasteiger partial charge on any atom is -0.497 e. The molecule has 0 aliphatic carbocycles. The lowest BCUT2D eigenvalue weighted by atomic mass is 9.85. The van der Waals surface area contributed by atoms with Crippen LogP contribution in [0, 0.1) is 0 Å². The third kappa shape index (κ3) is 5.73. The average molecular weight is 526 g/mol. The predicted molar refractivity (Wildman–Crippen MR) is 144 cm³/mol. The van der Waals surface area contributed by atoms with Crippen molar-refractivity contribution in [3.8, 4) is 17.2 Å². The van der Waals surface area contributed by atoms with Crippen LogP contribution in [-0.4, -0.2) is 86.4 Å². The third-order valence-corrected chi connectivity index (χ3v) is 7.39. The number of ether oxygens (including phenoxy) is 4. The highest BCUT2D eigenvalue weighted by molar-refractivity contribution is 6.07. The van der Waals surface area contributed by atoms with Crippen LogP contribution in [0.4, 0.5) is 4.79 Å². The van der Waals surface area contributed by atoms with E-state index in [0.717, 1.165) is 35.6 Å². The topological polar surface area (TPSA) is 80.8 Å². The second-order valence-electron chi connectivity index (χ2n) is 9.81. The number of piperidine rings is 1. The van der Waals surface area contributed by atoms with Crippen LogP contribution in [0.1, 0.15) is 37.3 Å². The first kappa shape index (κ1) is 27.7. The van der Waals surface area contributed by atoms with Crippen molar-refractivity contribution in [2.45, 2.75) is 44.8 Å². The number of rotatable bonds is 12. The smallest absolute Gasteiger partial charge is 0.328 e. The van der Waals surface area contributed by atoms with Gasteiger partial charge in [0.15, 0.2) is 11.5 Å². The molecule has 2 fully saturated rings. The molecule has 4 rings (SSSR count). The minimum atomic E-state index is -0.847. The third-order valence-electron chi connectivity index (χ3n) is 7.39. The van der Waals surface area contributed by atoms with Gasteiger partial charge in [0.2, 0.25) is 0 Å². The van der Waals surface area contributed by atoms with Gasteiger partial charge in [0.25, 0.3) is 5.91 Å². The van der Waals surface area contributed by atoms with Gasteiger partial charge in [0, 0.05) is 33.3 Å². The first-order valence-electron chi connectivity index (χ1n) is 13.2. The van der Waals surface area contributed by atoms with E-state index in [1.807, 2.05) is 36.4 Å². The van der Waals surface area contributed by atoms with E-state index in [1.165, 1.54) is 4.90 Å². The van der Waals surface area contributed by atoms with Crippen molar-refractivity contribution >= 4 is 11.9 Å². The van der Waals surface area contributed by atoms with Crippen molar-refractivity contribution < 1.29 is 28.5 Å². The highest BCUT2D eigenvalue weighted by Gasteiger charge is 2.57. The molecular formula is C29H39N3O6. The molecule has 0 bridgehead atoms. The fraction of sp³-hybridized carbons (Fsp3) is 0.517. The maximum Gasteiger partial charge on any atom is 0.328 e. The number of benzene rings is 2. The summed E-state index contributed by atoms with van der Waals surface area (Å²) in [6, 6.07) is 13.3. The van der Waals surface area contributed by atoms with Crippen molar-refractivity contribution in [3.63, 3.8) is 0 Å². The van der Waals surface area contributed by atoms with E-state index in [1.54, 1.807) is 26.2 Å². The number of hydrogen-bond donors (Lipinski definition) is 0. The van der Waals surface area contributed by atoms with E-state index in [4.69, 9.17) is 18.9 Å². The Hall–Kier alpha value is -3.30. The van der Waals surface area contributed by atoms with E-state index in [2.05, 4.69) is 17.9 Å². The molecule has 2 saturated heterocycles. The van der Waals surface area contributed by atoms with Crippen LogP contribution in [0.15, 0.2) is 42.5 Å². The molecule has 9 nitrogen and oxygen atoms in total. The average Bonchev–Trinajstić information content (AvgIpc) is 3.13. The van der Waals surface area contributed by atoms with E-state index in [0.29, 0.717) is 51.4 Å². The van der Waals surface area contributed by atoms with Crippen LogP contribution in [0.5, 0.6) is 17.2 Å². The van der Waals surface area contributed by atoms with Crippen molar-refractivity contribution in [1.82, 2.24) is 14.7 Å². The summed E-state index contributed by atoms with van der Waals surface area (Å²) in [5.41, 5.74) is 1.12. The van der Waals surface area contributed by atoms with Gasteiger partial charge in [0.1, 0.15) is 11.3 Å². The summed E-state index contributed by atoms with van der Waals surface area (Å²) >= 11 is 0. The van der Waals surface area contributed by atoms with E-state index in [-0.39, 0.29) is 18.5 Å². The highest BCUT2D eigenvalue weighted by Crippen LogP contribution is 2.39. The van der Waals surface area contributed by atoms with Crippen molar-refractivity contribution in [1.29, 1.82) is 0 Å². The summed E-state index contributed by atoms with van der Waals surface area (Å²) in [4.78, 5) is 32.8. The molecule has 38 heavy (non-hydrogen) atoms. The summed E-state index contributed by atoms with van der Waals surface area (Å²) in [6.45, 7) is 5.82. The molecule has 0 radical (unpaired) electrons. The molecule has 2 aromatic rings. The molecule has 0 saturated carbocycles. The number of carbonyl (C=O) groups excluding carboxylic acids is 2. The predicted octanol–water partition coefficient (Wildman–Crippen LogP) is 3.94. The summed E-state index contributed by atoms with van der Waals surface area (Å²) in [5, 5.41) is 0. The quantitative estimate of drug-likeness (QED) is 0.389. The van der Waals surface area contributed by atoms with Gasteiger partial charge in [-0.15, -0.1) is 0 Å². The van der Waals surface area contributed by atoms with Crippen LogP contribution in [0.3, 0.4) is 0 Å². The van der Waals surface area contributed by atoms with Crippen LogP contribution in [0.2, 0.25) is 0 Å². The number of hydrogen-bond acceptors (Lipinski definition) is 7. The largest absolute Gasteiger partial charge is 0.497 e. The molecular weight excluding hydrogens is 486 g/mol. The molecule has 3 amide bonds. The van der Waals surface area contributed by atoms with Gasteiger partial charge in [-0.25, -0.2) is 4.79 Å². The fourth-order valence-electron chi connectivity index (χ4n) is 5.33. The lowest BCUT2D eigenvalue weighted by Gasteiger charge is -2.42. The number of nitrogens with zero attached hydrogens (tertiary/aromatic N) is 3. The van der Waals surface area contributed by atoms with Crippen LogP contribution < -0.4 is 14.2 Å². The minimum absolute atomic E-state index is 0.125. The second-order valence-corrected chi connectivity index (χ2v) is 9.81. The van der Waals surface area contributed by atoms with Gasteiger partial charge >= 0.3 is 6.03 Å². The molecule has 0 unspecified atom stereocenters. The van der Waals surface area contributed by atoms with Gasteiger partial charge in [-0.1, -0.05) is 25.1 Å². The summed E-state index contributed by atoms with van der Waals surface area (Å²) in [6.07, 6.45) is 2.08. The molecule has 2 heterocycles. The Morgan fingerprint density at radius 3 is 2.32 bits per heavy atom. The maximum atomic E-state index is 13.8. The number of imide groups is 1. The fourth-order valence-corrected chi connectivity index (χ4v) is 5.33. The lowest BCUT2D eigenvalue weighted by Crippen LogP contribution is -2.57. The van der Waals surface area contributed by atoms with Gasteiger partial charge in [-0.05, 0) is 54.7 Å². The van der Waals surface area contributed by atoms with Crippen molar-refractivity contribution in [2.24, 2.45) is 0 Å². The zero-order chi connectivity index (χ0) is 27.1. The first-order valence-corrected chi connectivity index (χ1v) is 13.2. The molecule has 2 aliphatic rings. The molecule has 206 valence electrons. The normalized spacial score (nSPS) is 17.4. The molecule has 2 aliphatic heterocycles. The SMILES string of the molecule is CCCOc1ccc(CN2CCC3(CC2)C(=O)N(Cc2cccc(OC)c2)C(=O)N3CCOC)cc1OC. The number of methoxy groups -OCH3 is 3. The van der Waals surface area contributed by atoms with Crippen LogP contribution >= 0.6 is 0 Å². The van der Waals surface area contributed by atoms with Gasteiger partial charge < -0.3 is 23.8 Å². The Bertz CT molecular complexity index is 1120. The Morgan fingerprint density at radius 1 is 0.868 bits per heavy atom. The summed E-state index contributed by atoms with van der Waals surface area (Å²) in [5.74, 6) is 2.04. The number of likely N-dealkylation sites (tertiary alicyclic amines) is 1. The molecule has 9 heteroatoms. The summed E-state index contributed by atoms with van der Waals surface area (Å²) in [7, 11) is 4.86. The van der Waals surface area contributed by atoms with Gasteiger partial charge in [-0.2, -0.15) is 0 Å². The van der Waals surface area contributed by atoms with Gasteiger partial charge in [0.05, 0.1) is 34.0 Å².